The first-order chi connectivity index (χ1) is 14.5. The summed E-state index contributed by atoms with van der Waals surface area (Å²) in [6, 6.07) is 18.3. The number of hydrogen-bond acceptors (Lipinski definition) is 4. The Labute approximate surface area is 185 Å². The molecule has 1 amide bonds. The zero-order chi connectivity index (χ0) is 21.3. The lowest BCUT2D eigenvalue weighted by molar-refractivity contribution is -0.114. The maximum absolute atomic E-state index is 13.1. The van der Waals surface area contributed by atoms with Crippen molar-refractivity contribution < 1.29 is 13.9 Å². The van der Waals surface area contributed by atoms with Gasteiger partial charge >= 0.3 is 0 Å². The van der Waals surface area contributed by atoms with E-state index in [4.69, 9.17) is 33.0 Å². The molecule has 3 aromatic rings. The van der Waals surface area contributed by atoms with E-state index in [9.17, 15) is 4.79 Å². The highest BCUT2D eigenvalue weighted by Gasteiger charge is 2.37. The van der Waals surface area contributed by atoms with Crippen LogP contribution in [-0.4, -0.2) is 29.6 Å². The second-order valence-corrected chi connectivity index (χ2v) is 7.45. The number of carbonyl (C=O) groups excluding carboxylic acids is 1. The number of hydrogen-bond donors (Lipinski definition) is 0. The molecule has 30 heavy (non-hydrogen) atoms. The van der Waals surface area contributed by atoms with E-state index in [1.54, 1.807) is 30.2 Å². The van der Waals surface area contributed by atoms with Crippen LogP contribution in [0.1, 0.15) is 12.7 Å². The number of benzene rings is 2. The predicted octanol–water partition coefficient (Wildman–Crippen LogP) is 5.60. The van der Waals surface area contributed by atoms with Crippen molar-refractivity contribution in [2.45, 2.75) is 6.92 Å². The van der Waals surface area contributed by atoms with E-state index < -0.39 is 0 Å². The molecule has 0 aliphatic carbocycles. The van der Waals surface area contributed by atoms with Gasteiger partial charge in [-0.15, -0.1) is 0 Å². The van der Waals surface area contributed by atoms with Crippen LogP contribution in [0.2, 0.25) is 5.02 Å². The average Bonchev–Trinajstić information content (AvgIpc) is 3.29. The van der Waals surface area contributed by atoms with Crippen LogP contribution < -0.4 is 9.64 Å². The van der Waals surface area contributed by atoms with Crippen LogP contribution in [0.4, 0.5) is 5.69 Å². The molecule has 1 aromatic heterocycles. The SMILES string of the molecule is CCOc1ccc(N2C(=O)/C(=C/c3ccc(-c4ccc(Cl)cc4)o3)N(C)C2=S)cc1. The number of thiocarbonyl (C=S) groups is 1. The Balaban J connectivity index is 1.60. The maximum Gasteiger partial charge on any atom is 0.281 e. The van der Waals surface area contributed by atoms with Crippen molar-refractivity contribution in [3.63, 3.8) is 0 Å². The molecule has 7 heteroatoms. The van der Waals surface area contributed by atoms with Gasteiger partial charge in [0, 0.05) is 23.7 Å². The number of halogens is 1. The van der Waals surface area contributed by atoms with Gasteiger partial charge < -0.3 is 14.1 Å². The number of ether oxygens (including phenoxy) is 1. The Morgan fingerprint density at radius 2 is 1.77 bits per heavy atom. The zero-order valence-electron chi connectivity index (χ0n) is 16.5. The summed E-state index contributed by atoms with van der Waals surface area (Å²) in [7, 11) is 1.77. The summed E-state index contributed by atoms with van der Waals surface area (Å²) in [5.74, 6) is 1.79. The van der Waals surface area contributed by atoms with Crippen molar-refractivity contribution in [2.75, 3.05) is 18.6 Å². The molecular formula is C23H19ClN2O3S. The second-order valence-electron chi connectivity index (χ2n) is 6.65. The molecule has 0 radical (unpaired) electrons. The van der Waals surface area contributed by atoms with E-state index >= 15 is 0 Å². The van der Waals surface area contributed by atoms with Crippen LogP contribution >= 0.6 is 23.8 Å². The highest BCUT2D eigenvalue weighted by atomic mass is 35.5. The fourth-order valence-electron chi connectivity index (χ4n) is 3.18. The van der Waals surface area contributed by atoms with Crippen molar-refractivity contribution in [1.82, 2.24) is 4.90 Å². The van der Waals surface area contributed by atoms with Gasteiger partial charge in [0.25, 0.3) is 5.91 Å². The fraction of sp³-hybridized carbons (Fsp3) is 0.130. The number of furan rings is 1. The molecule has 1 aliphatic heterocycles. The summed E-state index contributed by atoms with van der Waals surface area (Å²) in [5, 5.41) is 1.06. The second kappa shape index (κ2) is 8.34. The number of amides is 1. The number of likely N-dealkylation sites (N-methyl/N-ethyl adjacent to an activating group) is 1. The number of nitrogens with zero attached hydrogens (tertiary/aromatic N) is 2. The number of carbonyl (C=O) groups is 1. The van der Waals surface area contributed by atoms with Gasteiger partial charge in [-0.05, 0) is 79.8 Å². The van der Waals surface area contributed by atoms with Gasteiger partial charge in [-0.25, -0.2) is 0 Å². The summed E-state index contributed by atoms with van der Waals surface area (Å²) in [6.45, 7) is 2.50. The molecule has 2 aromatic carbocycles. The molecule has 2 heterocycles. The molecule has 0 spiro atoms. The van der Waals surface area contributed by atoms with Crippen molar-refractivity contribution >= 4 is 46.6 Å². The first kappa shape index (κ1) is 20.2. The minimum Gasteiger partial charge on any atom is -0.494 e. The lowest BCUT2D eigenvalue weighted by Crippen LogP contribution is -2.31. The molecule has 4 rings (SSSR count). The molecule has 0 bridgehead atoms. The summed E-state index contributed by atoms with van der Waals surface area (Å²) in [6.07, 6.45) is 1.70. The largest absolute Gasteiger partial charge is 0.494 e. The normalized spacial score (nSPS) is 15.4. The molecule has 1 saturated heterocycles. The van der Waals surface area contributed by atoms with Crippen LogP contribution in [0.25, 0.3) is 17.4 Å². The molecule has 0 atom stereocenters. The highest BCUT2D eigenvalue weighted by molar-refractivity contribution is 7.80. The van der Waals surface area contributed by atoms with E-state index in [-0.39, 0.29) is 5.91 Å². The van der Waals surface area contributed by atoms with Crippen molar-refractivity contribution in [2.24, 2.45) is 0 Å². The zero-order valence-corrected chi connectivity index (χ0v) is 18.0. The Bertz CT molecular complexity index is 1120. The molecule has 1 aliphatic rings. The van der Waals surface area contributed by atoms with Gasteiger partial charge in [0.2, 0.25) is 0 Å². The third-order valence-corrected chi connectivity index (χ3v) is 5.41. The van der Waals surface area contributed by atoms with Crippen molar-refractivity contribution in [3.05, 3.63) is 77.1 Å². The van der Waals surface area contributed by atoms with Gasteiger partial charge in [-0.3, -0.25) is 9.69 Å². The monoisotopic (exact) mass is 438 g/mol. The van der Waals surface area contributed by atoms with Crippen molar-refractivity contribution in [1.29, 1.82) is 0 Å². The quantitative estimate of drug-likeness (QED) is 0.383. The molecule has 0 N–H and O–H groups in total. The highest BCUT2D eigenvalue weighted by Crippen LogP contribution is 2.30. The van der Waals surface area contributed by atoms with Gasteiger partial charge in [0.1, 0.15) is 23.0 Å². The molecule has 152 valence electrons. The van der Waals surface area contributed by atoms with Gasteiger partial charge in [0.05, 0.1) is 12.3 Å². The Kier molecular flexibility index (Phi) is 5.61. The fourth-order valence-corrected chi connectivity index (χ4v) is 3.59. The van der Waals surface area contributed by atoms with Gasteiger partial charge in [-0.2, -0.15) is 0 Å². The van der Waals surface area contributed by atoms with Crippen LogP contribution in [0, 0.1) is 0 Å². The smallest absolute Gasteiger partial charge is 0.281 e. The van der Waals surface area contributed by atoms with Crippen LogP contribution in [-0.2, 0) is 4.79 Å². The first-order valence-corrected chi connectivity index (χ1v) is 10.2. The average molecular weight is 439 g/mol. The summed E-state index contributed by atoms with van der Waals surface area (Å²) in [4.78, 5) is 16.3. The van der Waals surface area contributed by atoms with E-state index in [0.717, 1.165) is 11.3 Å². The van der Waals surface area contributed by atoms with E-state index in [1.807, 2.05) is 55.5 Å². The third kappa shape index (κ3) is 3.84. The molecule has 1 fully saturated rings. The standard InChI is InChI=1S/C23H19ClN2O3S/c1-3-28-18-10-8-17(9-11-18)26-22(27)20(25(2)23(26)30)14-19-12-13-21(29-19)15-4-6-16(24)7-5-15/h4-14H,3H2,1-2H3/b20-14-. The molecule has 0 saturated carbocycles. The third-order valence-electron chi connectivity index (χ3n) is 4.70. The number of anilines is 1. The summed E-state index contributed by atoms with van der Waals surface area (Å²) >= 11 is 11.5. The maximum atomic E-state index is 13.1. The summed E-state index contributed by atoms with van der Waals surface area (Å²) < 4.78 is 11.4. The minimum atomic E-state index is -0.212. The predicted molar refractivity (Wildman–Crippen MR) is 123 cm³/mol. The van der Waals surface area contributed by atoms with Crippen LogP contribution in [0.15, 0.2) is 70.8 Å². The first-order valence-electron chi connectivity index (χ1n) is 9.40. The Morgan fingerprint density at radius 3 is 2.43 bits per heavy atom. The summed E-state index contributed by atoms with van der Waals surface area (Å²) in [5.41, 5.74) is 2.03. The molecule has 0 unspecified atom stereocenters. The molecule has 5 nitrogen and oxygen atoms in total. The van der Waals surface area contributed by atoms with Gasteiger partial charge in [0.15, 0.2) is 5.11 Å². The molecular weight excluding hydrogens is 420 g/mol. The van der Waals surface area contributed by atoms with Crippen LogP contribution in [0.3, 0.4) is 0 Å². The topological polar surface area (TPSA) is 45.9 Å². The van der Waals surface area contributed by atoms with Gasteiger partial charge in [-0.1, -0.05) is 11.6 Å². The van der Waals surface area contributed by atoms with Crippen LogP contribution in [0.5, 0.6) is 5.75 Å². The Hall–Kier alpha value is -3.09. The Morgan fingerprint density at radius 1 is 1.07 bits per heavy atom. The number of rotatable bonds is 5. The van der Waals surface area contributed by atoms with E-state index in [1.165, 1.54) is 4.90 Å². The minimum absolute atomic E-state index is 0.212. The van der Waals surface area contributed by atoms with E-state index in [0.29, 0.717) is 39.6 Å². The lowest BCUT2D eigenvalue weighted by atomic mass is 10.2. The van der Waals surface area contributed by atoms with Crippen molar-refractivity contribution in [3.8, 4) is 17.1 Å². The lowest BCUT2D eigenvalue weighted by Gasteiger charge is -2.16. The van der Waals surface area contributed by atoms with E-state index in [2.05, 4.69) is 0 Å².